The van der Waals surface area contributed by atoms with E-state index in [0.717, 1.165) is 27.4 Å². The van der Waals surface area contributed by atoms with Crippen LogP contribution in [-0.2, 0) is 5.54 Å². The van der Waals surface area contributed by atoms with Crippen LogP contribution in [0.15, 0.2) is 42.5 Å². The summed E-state index contributed by atoms with van der Waals surface area (Å²) in [5.41, 5.74) is 2.59. The first-order valence-electron chi connectivity index (χ1n) is 11.2. The largest absolute Gasteiger partial charge is 0.573 e. The fourth-order valence-corrected chi connectivity index (χ4v) is 5.69. The quantitative estimate of drug-likeness (QED) is 0.354. The molecule has 0 spiro atoms. The Balaban J connectivity index is 1.51. The molecule has 0 aliphatic carbocycles. The first-order valence-corrected chi connectivity index (χ1v) is 12.0. The zero-order valence-electron chi connectivity index (χ0n) is 19.4. The van der Waals surface area contributed by atoms with E-state index in [4.69, 9.17) is 0 Å². The number of aromatic amines is 1. The van der Waals surface area contributed by atoms with Crippen molar-refractivity contribution in [2.45, 2.75) is 45.5 Å². The molecule has 182 valence electrons. The number of rotatable bonds is 4. The van der Waals surface area contributed by atoms with Crippen LogP contribution in [0.1, 0.15) is 46.6 Å². The van der Waals surface area contributed by atoms with Gasteiger partial charge in [0.05, 0.1) is 26.5 Å². The maximum absolute atomic E-state index is 13.9. The number of hydrogen-bond acceptors (Lipinski definition) is 5. The van der Waals surface area contributed by atoms with Crippen LogP contribution in [0.3, 0.4) is 0 Å². The van der Waals surface area contributed by atoms with E-state index in [-0.39, 0.29) is 11.7 Å². The highest BCUT2D eigenvalue weighted by Crippen LogP contribution is 2.41. The van der Waals surface area contributed by atoms with Gasteiger partial charge in [0.15, 0.2) is 0 Å². The lowest BCUT2D eigenvalue weighted by molar-refractivity contribution is -0.274. The van der Waals surface area contributed by atoms with Crippen LogP contribution in [0.2, 0.25) is 0 Å². The van der Waals surface area contributed by atoms with Gasteiger partial charge in [-0.25, -0.2) is 9.97 Å². The van der Waals surface area contributed by atoms with Crippen molar-refractivity contribution in [1.29, 1.82) is 0 Å². The predicted molar refractivity (Wildman–Crippen MR) is 127 cm³/mol. The van der Waals surface area contributed by atoms with Crippen LogP contribution in [0.25, 0.3) is 21.5 Å². The average molecular weight is 501 g/mol. The molecule has 2 aromatic heterocycles. The van der Waals surface area contributed by atoms with E-state index in [1.54, 1.807) is 4.90 Å². The SMILES string of the molecule is Cc1nc(C(=O)N2CCCC2(C)c2nc3ccc(OC(F)(F)F)cc3[nH]2)c(-c2ccccc2C)s1. The molecule has 0 bridgehead atoms. The molecule has 10 heteroatoms. The minimum Gasteiger partial charge on any atom is -0.406 e. The van der Waals surface area contributed by atoms with Gasteiger partial charge in [0, 0.05) is 12.6 Å². The second-order valence-corrected chi connectivity index (χ2v) is 10.1. The van der Waals surface area contributed by atoms with E-state index < -0.39 is 11.9 Å². The number of nitrogens with one attached hydrogen (secondary N) is 1. The summed E-state index contributed by atoms with van der Waals surface area (Å²) in [5, 5.41) is 0.799. The summed E-state index contributed by atoms with van der Waals surface area (Å²) in [4.78, 5) is 28.8. The van der Waals surface area contributed by atoms with E-state index >= 15 is 0 Å². The highest BCUT2D eigenvalue weighted by Gasteiger charge is 2.45. The molecule has 4 aromatic rings. The number of benzene rings is 2. The predicted octanol–water partition coefficient (Wildman–Crippen LogP) is 6.35. The molecular weight excluding hydrogens is 477 g/mol. The molecule has 2 aromatic carbocycles. The van der Waals surface area contributed by atoms with Gasteiger partial charge >= 0.3 is 6.36 Å². The van der Waals surface area contributed by atoms with Crippen molar-refractivity contribution >= 4 is 28.3 Å². The van der Waals surface area contributed by atoms with E-state index in [1.165, 1.54) is 29.5 Å². The fourth-order valence-electron chi connectivity index (χ4n) is 4.69. The van der Waals surface area contributed by atoms with Gasteiger partial charge in [-0.3, -0.25) is 4.79 Å². The Morgan fingerprint density at radius 2 is 1.94 bits per heavy atom. The molecule has 1 saturated heterocycles. The number of carbonyl (C=O) groups is 1. The van der Waals surface area contributed by atoms with Gasteiger partial charge in [0.25, 0.3) is 5.91 Å². The summed E-state index contributed by atoms with van der Waals surface area (Å²) in [6.45, 7) is 6.34. The van der Waals surface area contributed by atoms with Crippen LogP contribution in [0, 0.1) is 13.8 Å². The topological polar surface area (TPSA) is 71.1 Å². The van der Waals surface area contributed by atoms with Gasteiger partial charge < -0.3 is 14.6 Å². The zero-order chi connectivity index (χ0) is 25.0. The number of fused-ring (bicyclic) bond motifs is 1. The Hall–Kier alpha value is -3.40. The first-order chi connectivity index (χ1) is 16.5. The van der Waals surface area contributed by atoms with Crippen molar-refractivity contribution in [2.24, 2.45) is 0 Å². The molecule has 6 nitrogen and oxygen atoms in total. The summed E-state index contributed by atoms with van der Waals surface area (Å²) in [6.07, 6.45) is -3.35. The number of likely N-dealkylation sites (tertiary alicyclic amines) is 1. The fraction of sp³-hybridized carbons (Fsp3) is 0.320. The Morgan fingerprint density at radius 1 is 1.17 bits per heavy atom. The molecule has 5 rings (SSSR count). The number of hydrogen-bond donors (Lipinski definition) is 1. The minimum absolute atomic E-state index is 0.186. The number of ether oxygens (including phenoxy) is 1. The van der Waals surface area contributed by atoms with Crippen LogP contribution in [-0.4, -0.2) is 38.7 Å². The lowest BCUT2D eigenvalue weighted by Crippen LogP contribution is -2.44. The van der Waals surface area contributed by atoms with Gasteiger partial charge in [-0.05, 0) is 56.9 Å². The molecule has 1 amide bonds. The van der Waals surface area contributed by atoms with E-state index in [9.17, 15) is 18.0 Å². The van der Waals surface area contributed by atoms with Crippen LogP contribution < -0.4 is 4.74 Å². The third-order valence-electron chi connectivity index (χ3n) is 6.41. The molecule has 1 fully saturated rings. The van der Waals surface area contributed by atoms with Crippen LogP contribution in [0.4, 0.5) is 13.2 Å². The van der Waals surface area contributed by atoms with Crippen molar-refractivity contribution in [3.05, 3.63) is 64.6 Å². The highest BCUT2D eigenvalue weighted by atomic mass is 32.1. The molecule has 0 radical (unpaired) electrons. The van der Waals surface area contributed by atoms with Gasteiger partial charge in [-0.1, -0.05) is 24.3 Å². The van der Waals surface area contributed by atoms with Crippen molar-refractivity contribution in [2.75, 3.05) is 6.54 Å². The maximum atomic E-state index is 13.9. The number of nitrogens with zero attached hydrogens (tertiary/aromatic N) is 3. The van der Waals surface area contributed by atoms with Gasteiger partial charge in [0.2, 0.25) is 0 Å². The Morgan fingerprint density at radius 3 is 2.69 bits per heavy atom. The van der Waals surface area contributed by atoms with Crippen LogP contribution >= 0.6 is 11.3 Å². The van der Waals surface area contributed by atoms with Crippen LogP contribution in [0.5, 0.6) is 5.75 Å². The van der Waals surface area contributed by atoms with Crippen molar-refractivity contribution in [3.8, 4) is 16.2 Å². The van der Waals surface area contributed by atoms with Gasteiger partial charge in [-0.15, -0.1) is 24.5 Å². The number of alkyl halides is 3. The van der Waals surface area contributed by atoms with Gasteiger partial charge in [-0.2, -0.15) is 0 Å². The number of thiazole rings is 1. The Kier molecular flexibility index (Phi) is 5.58. The third-order valence-corrected chi connectivity index (χ3v) is 7.41. The molecule has 1 unspecified atom stereocenters. The van der Waals surface area contributed by atoms with Gasteiger partial charge in [0.1, 0.15) is 17.3 Å². The number of aryl methyl sites for hydroxylation is 2. The summed E-state index contributed by atoms with van der Waals surface area (Å²) in [7, 11) is 0. The molecule has 0 saturated carbocycles. The Bertz CT molecular complexity index is 1430. The smallest absolute Gasteiger partial charge is 0.406 e. The van der Waals surface area contributed by atoms with E-state index in [2.05, 4.69) is 19.7 Å². The second kappa shape index (κ2) is 8.37. The van der Waals surface area contributed by atoms with E-state index in [0.29, 0.717) is 35.5 Å². The molecule has 1 atom stereocenters. The molecule has 1 N–H and O–H groups in total. The van der Waals surface area contributed by atoms with Crippen molar-refractivity contribution < 1.29 is 22.7 Å². The maximum Gasteiger partial charge on any atom is 0.573 e. The lowest BCUT2D eigenvalue weighted by Gasteiger charge is -2.33. The summed E-state index contributed by atoms with van der Waals surface area (Å²) in [5.74, 6) is 0.00610. The number of H-pyrrole nitrogens is 1. The average Bonchev–Trinajstić information content (AvgIpc) is 3.49. The summed E-state index contributed by atoms with van der Waals surface area (Å²) < 4.78 is 42.0. The Labute approximate surface area is 203 Å². The van der Waals surface area contributed by atoms with Crippen molar-refractivity contribution in [3.63, 3.8) is 0 Å². The number of amides is 1. The highest BCUT2D eigenvalue weighted by molar-refractivity contribution is 7.15. The minimum atomic E-state index is -4.78. The monoisotopic (exact) mass is 500 g/mol. The summed E-state index contributed by atoms with van der Waals surface area (Å²) >= 11 is 1.49. The first kappa shape index (κ1) is 23.3. The second-order valence-electron chi connectivity index (χ2n) is 8.87. The molecule has 1 aliphatic rings. The van der Waals surface area contributed by atoms with Crippen molar-refractivity contribution in [1.82, 2.24) is 19.9 Å². The van der Waals surface area contributed by atoms with E-state index in [1.807, 2.05) is 45.0 Å². The lowest BCUT2D eigenvalue weighted by atomic mass is 9.97. The molecule has 35 heavy (non-hydrogen) atoms. The number of aromatic nitrogens is 3. The standard InChI is InChI=1S/C25H23F3N4O2S/c1-14-7-4-5-8-17(14)21-20(29-15(2)35-21)22(33)32-12-6-11-24(32,3)23-30-18-10-9-16(13-19(18)31-23)34-25(26,27)28/h4-5,7-10,13H,6,11-12H2,1-3H3,(H,30,31). The third kappa shape index (κ3) is 4.27. The molecule has 1 aliphatic heterocycles. The normalized spacial score (nSPS) is 18.4. The number of imidazole rings is 1. The molecular formula is C25H23F3N4O2S. The number of halogens is 3. The summed E-state index contributed by atoms with van der Waals surface area (Å²) in [6, 6.07) is 11.9. The molecule has 3 heterocycles. The zero-order valence-corrected chi connectivity index (χ0v) is 20.2. The number of carbonyl (C=O) groups excluding carboxylic acids is 1.